The number of carbonyl (C=O) groups excluding carboxylic acids is 3. The summed E-state index contributed by atoms with van der Waals surface area (Å²) < 4.78 is 6.78. The van der Waals surface area contributed by atoms with E-state index in [1.807, 2.05) is 17.9 Å². The van der Waals surface area contributed by atoms with E-state index < -0.39 is 23.4 Å². The number of amides is 4. The van der Waals surface area contributed by atoms with E-state index in [1.54, 1.807) is 12.3 Å². The van der Waals surface area contributed by atoms with Crippen LogP contribution in [0.2, 0.25) is 0 Å². The van der Waals surface area contributed by atoms with E-state index in [-0.39, 0.29) is 11.1 Å². The van der Waals surface area contributed by atoms with Crippen molar-refractivity contribution in [3.63, 3.8) is 0 Å². The van der Waals surface area contributed by atoms with E-state index in [4.69, 9.17) is 4.74 Å². The van der Waals surface area contributed by atoms with Gasteiger partial charge >= 0.3 is 6.03 Å². The molecular formula is C20H21N5O5. The number of carbonyl (C=O) groups is 3. The minimum absolute atomic E-state index is 0.118. The number of anilines is 1. The van der Waals surface area contributed by atoms with E-state index in [0.29, 0.717) is 37.8 Å². The number of hydrogen-bond donors (Lipinski definition) is 0. The Hall–Kier alpha value is -3.53. The largest absolute Gasteiger partial charge is 0.378 e. The number of morpholine rings is 1. The van der Waals surface area contributed by atoms with Crippen molar-refractivity contribution in [3.05, 3.63) is 45.4 Å². The van der Waals surface area contributed by atoms with Crippen molar-refractivity contribution in [2.24, 2.45) is 0 Å². The topological polar surface area (TPSA) is 105 Å². The Kier molecular flexibility index (Phi) is 4.86. The maximum Gasteiger partial charge on any atom is 0.333 e. The van der Waals surface area contributed by atoms with Crippen molar-refractivity contribution in [1.29, 1.82) is 0 Å². The summed E-state index contributed by atoms with van der Waals surface area (Å²) in [6.45, 7) is 3.84. The molecule has 0 atom stereocenters. The lowest BCUT2D eigenvalue weighted by atomic mass is 10.1. The van der Waals surface area contributed by atoms with Crippen LogP contribution in [0.15, 0.2) is 28.7 Å². The molecule has 0 unspecified atom stereocenters. The number of barbiturate groups is 1. The number of aromatic nitrogens is 2. The lowest BCUT2D eigenvalue weighted by molar-refractivity contribution is -0.134. The molecule has 30 heavy (non-hydrogen) atoms. The minimum Gasteiger partial charge on any atom is -0.378 e. The van der Waals surface area contributed by atoms with Crippen molar-refractivity contribution < 1.29 is 19.1 Å². The third-order valence-electron chi connectivity index (χ3n) is 5.23. The summed E-state index contributed by atoms with van der Waals surface area (Å²) in [5, 5.41) is 0. The molecule has 10 heteroatoms. The molecule has 4 rings (SSSR count). The number of pyridine rings is 1. The Morgan fingerprint density at radius 1 is 1.00 bits per heavy atom. The molecule has 2 aromatic rings. The van der Waals surface area contributed by atoms with E-state index >= 15 is 0 Å². The highest BCUT2D eigenvalue weighted by molar-refractivity contribution is 6.30. The first-order valence-electron chi connectivity index (χ1n) is 9.47. The van der Waals surface area contributed by atoms with E-state index in [2.05, 4.69) is 4.98 Å². The second-order valence-electron chi connectivity index (χ2n) is 7.26. The number of ether oxygens (including phenoxy) is 1. The molecule has 0 saturated carbocycles. The summed E-state index contributed by atoms with van der Waals surface area (Å²) in [5.74, 6) is -1.14. The molecule has 0 aliphatic carbocycles. The lowest BCUT2D eigenvalue weighted by Crippen LogP contribution is -2.53. The van der Waals surface area contributed by atoms with Crippen LogP contribution in [0.3, 0.4) is 0 Å². The van der Waals surface area contributed by atoms with Gasteiger partial charge in [0.15, 0.2) is 0 Å². The van der Waals surface area contributed by atoms with Gasteiger partial charge in [0.05, 0.1) is 18.8 Å². The van der Waals surface area contributed by atoms with Crippen LogP contribution in [0.1, 0.15) is 11.1 Å². The minimum atomic E-state index is -0.759. The molecule has 2 aliphatic rings. The monoisotopic (exact) mass is 411 g/mol. The third kappa shape index (κ3) is 3.14. The van der Waals surface area contributed by atoms with Gasteiger partial charge in [0, 0.05) is 33.4 Å². The zero-order chi connectivity index (χ0) is 21.6. The fraction of sp³-hybridized carbons (Fsp3) is 0.350. The van der Waals surface area contributed by atoms with Gasteiger partial charge in [-0.1, -0.05) is 6.07 Å². The van der Waals surface area contributed by atoms with Crippen LogP contribution in [-0.4, -0.2) is 77.4 Å². The molecule has 2 aliphatic heterocycles. The highest BCUT2D eigenvalue weighted by Gasteiger charge is 2.38. The number of urea groups is 1. The predicted molar refractivity (Wildman–Crippen MR) is 108 cm³/mol. The van der Waals surface area contributed by atoms with Gasteiger partial charge < -0.3 is 9.64 Å². The summed E-state index contributed by atoms with van der Waals surface area (Å²) >= 11 is 0. The van der Waals surface area contributed by atoms with Crippen molar-refractivity contribution in [2.75, 3.05) is 45.3 Å². The second kappa shape index (κ2) is 7.38. The summed E-state index contributed by atoms with van der Waals surface area (Å²) in [6, 6.07) is 2.88. The molecule has 0 radical (unpaired) electrons. The standard InChI is InChI=1S/C20H21N5O5/c1-12-4-5-15-21-16(24-6-8-30-9-7-24)13(19(28)25(15)11-12)10-14-17(26)22(2)20(29)23(3)18(14)27/h4-5,10-11H,6-9H2,1-3H3. The van der Waals surface area contributed by atoms with Crippen LogP contribution < -0.4 is 10.5 Å². The van der Waals surface area contributed by atoms with Gasteiger partial charge in [-0.25, -0.2) is 9.78 Å². The lowest BCUT2D eigenvalue weighted by Gasteiger charge is -2.30. The van der Waals surface area contributed by atoms with Gasteiger partial charge in [0.25, 0.3) is 17.4 Å². The molecule has 4 amide bonds. The normalized spacial score (nSPS) is 17.9. The van der Waals surface area contributed by atoms with Crippen molar-refractivity contribution >= 4 is 35.4 Å². The molecular weight excluding hydrogens is 390 g/mol. The summed E-state index contributed by atoms with van der Waals surface area (Å²) in [5.41, 5.74) is 0.771. The van der Waals surface area contributed by atoms with E-state index in [1.165, 1.54) is 24.6 Å². The molecule has 10 nitrogen and oxygen atoms in total. The van der Waals surface area contributed by atoms with Crippen LogP contribution in [0, 0.1) is 6.92 Å². The summed E-state index contributed by atoms with van der Waals surface area (Å²) in [7, 11) is 2.58. The highest BCUT2D eigenvalue weighted by atomic mass is 16.5. The van der Waals surface area contributed by atoms with E-state index in [0.717, 1.165) is 15.4 Å². The molecule has 156 valence electrons. The predicted octanol–water partition coefficient (Wildman–Crippen LogP) is 0.273. The van der Waals surface area contributed by atoms with Gasteiger partial charge in [-0.15, -0.1) is 0 Å². The number of nitrogens with zero attached hydrogens (tertiary/aromatic N) is 5. The molecule has 2 saturated heterocycles. The average molecular weight is 411 g/mol. The number of hydrogen-bond acceptors (Lipinski definition) is 7. The smallest absolute Gasteiger partial charge is 0.333 e. The van der Waals surface area contributed by atoms with E-state index in [9.17, 15) is 19.2 Å². The second-order valence-corrected chi connectivity index (χ2v) is 7.26. The average Bonchev–Trinajstić information content (AvgIpc) is 2.76. The summed E-state index contributed by atoms with van der Waals surface area (Å²) in [4.78, 5) is 58.9. The van der Waals surface area contributed by atoms with Gasteiger partial charge in [-0.2, -0.15) is 0 Å². The van der Waals surface area contributed by atoms with Gasteiger partial charge in [0.1, 0.15) is 17.0 Å². The fourth-order valence-electron chi connectivity index (χ4n) is 3.51. The molecule has 0 spiro atoms. The Labute approximate surface area is 171 Å². The SMILES string of the molecule is Cc1ccc2nc(N3CCOCC3)c(C=C3C(=O)N(C)C(=O)N(C)C3=O)c(=O)n2c1. The number of aryl methyl sites for hydroxylation is 1. The first-order chi connectivity index (χ1) is 14.3. The Morgan fingerprint density at radius 3 is 2.27 bits per heavy atom. The number of rotatable bonds is 2. The fourth-order valence-corrected chi connectivity index (χ4v) is 3.51. The molecule has 4 heterocycles. The van der Waals surface area contributed by atoms with Gasteiger partial charge in [-0.3, -0.25) is 28.6 Å². The van der Waals surface area contributed by atoms with Crippen molar-refractivity contribution in [1.82, 2.24) is 19.2 Å². The quantitative estimate of drug-likeness (QED) is 0.516. The zero-order valence-electron chi connectivity index (χ0n) is 16.9. The maximum absolute atomic E-state index is 13.4. The number of likely N-dealkylation sites (N-methyl/N-ethyl adjacent to an activating group) is 2. The number of fused-ring (bicyclic) bond motifs is 1. The first-order valence-corrected chi connectivity index (χ1v) is 9.47. The van der Waals surface area contributed by atoms with Crippen LogP contribution in [0.5, 0.6) is 0 Å². The molecule has 0 aromatic carbocycles. The Morgan fingerprint density at radius 2 is 1.63 bits per heavy atom. The van der Waals surface area contributed by atoms with Crippen LogP contribution in [0.25, 0.3) is 11.7 Å². The molecule has 0 bridgehead atoms. The Balaban J connectivity index is 1.96. The Bertz CT molecular complexity index is 1140. The van der Waals surface area contributed by atoms with Crippen LogP contribution >= 0.6 is 0 Å². The molecule has 0 N–H and O–H groups in total. The summed E-state index contributed by atoms with van der Waals surface area (Å²) in [6.07, 6.45) is 2.90. The molecule has 2 aromatic heterocycles. The zero-order valence-corrected chi connectivity index (χ0v) is 16.9. The molecule has 2 fully saturated rings. The van der Waals surface area contributed by atoms with Crippen molar-refractivity contribution in [3.8, 4) is 0 Å². The highest BCUT2D eigenvalue weighted by Crippen LogP contribution is 2.23. The first kappa shape index (κ1) is 19.8. The maximum atomic E-state index is 13.4. The number of imide groups is 2. The van der Waals surface area contributed by atoms with Crippen LogP contribution in [0.4, 0.5) is 10.6 Å². The van der Waals surface area contributed by atoms with Crippen LogP contribution in [-0.2, 0) is 14.3 Å². The van der Waals surface area contributed by atoms with Gasteiger partial charge in [0.2, 0.25) is 0 Å². The third-order valence-corrected chi connectivity index (χ3v) is 5.23. The van der Waals surface area contributed by atoms with Gasteiger partial charge in [-0.05, 0) is 24.6 Å². The van der Waals surface area contributed by atoms with Crippen molar-refractivity contribution in [2.45, 2.75) is 6.92 Å².